The molecule has 1 fully saturated rings. The van der Waals surface area contributed by atoms with E-state index in [0.717, 1.165) is 45.4 Å². The zero-order chi connectivity index (χ0) is 15.1. The molecule has 1 atom stereocenters. The van der Waals surface area contributed by atoms with Crippen LogP contribution in [0.15, 0.2) is 6.20 Å². The summed E-state index contributed by atoms with van der Waals surface area (Å²) >= 11 is 0. The minimum atomic E-state index is -0.0862. The number of aryl methyl sites for hydroxylation is 1. The third-order valence-electron chi connectivity index (χ3n) is 4.39. The van der Waals surface area contributed by atoms with Gasteiger partial charge in [0.05, 0.1) is 23.5 Å². The Labute approximate surface area is 128 Å². The van der Waals surface area contributed by atoms with Gasteiger partial charge in [-0.3, -0.25) is 0 Å². The molecule has 1 aliphatic carbocycles. The Morgan fingerprint density at radius 1 is 1.29 bits per heavy atom. The summed E-state index contributed by atoms with van der Waals surface area (Å²) in [5, 5.41) is 12.1. The van der Waals surface area contributed by atoms with Crippen molar-refractivity contribution in [3.05, 3.63) is 11.9 Å². The molecule has 5 heteroatoms. The number of nitrogens with zero attached hydrogens (tertiary/aromatic N) is 3. The van der Waals surface area contributed by atoms with Crippen molar-refractivity contribution in [2.75, 3.05) is 13.2 Å². The molecule has 1 aromatic heterocycles. The molecule has 0 radical (unpaired) electrons. The van der Waals surface area contributed by atoms with Gasteiger partial charge in [-0.05, 0) is 39.2 Å². The van der Waals surface area contributed by atoms with Crippen molar-refractivity contribution in [1.29, 1.82) is 0 Å². The molecule has 1 unspecified atom stereocenters. The smallest absolute Gasteiger partial charge is 0.0892 e. The maximum atomic E-state index is 6.28. The van der Waals surface area contributed by atoms with E-state index in [-0.39, 0.29) is 11.6 Å². The second kappa shape index (κ2) is 7.90. The van der Waals surface area contributed by atoms with E-state index in [1.165, 1.54) is 18.5 Å². The average Bonchev–Trinajstić information content (AvgIpc) is 3.11. The van der Waals surface area contributed by atoms with Crippen LogP contribution >= 0.6 is 0 Å². The van der Waals surface area contributed by atoms with Crippen LogP contribution in [0.3, 0.4) is 0 Å². The van der Waals surface area contributed by atoms with Crippen molar-refractivity contribution >= 4 is 0 Å². The molecule has 1 heterocycles. The first-order chi connectivity index (χ1) is 10.3. The van der Waals surface area contributed by atoms with Gasteiger partial charge in [0.2, 0.25) is 0 Å². The van der Waals surface area contributed by atoms with Gasteiger partial charge < -0.3 is 10.1 Å². The van der Waals surface area contributed by atoms with E-state index >= 15 is 0 Å². The lowest BCUT2D eigenvalue weighted by Gasteiger charge is -2.38. The van der Waals surface area contributed by atoms with Crippen molar-refractivity contribution in [3.8, 4) is 0 Å². The van der Waals surface area contributed by atoms with Crippen molar-refractivity contribution in [2.45, 2.75) is 77.5 Å². The Kier molecular flexibility index (Phi) is 6.18. The number of nitrogens with one attached hydrogen (secondary N) is 1. The first-order valence-electron chi connectivity index (χ1n) is 8.53. The standard InChI is InChI=1S/C16H30N4O/c1-4-11-17-15(14-13-18-19-20(14)12-5-2)16(21-6-3)9-7-8-10-16/h13,15,17H,4-12H2,1-3H3. The zero-order valence-electron chi connectivity index (χ0n) is 13.8. The molecule has 5 nitrogen and oxygen atoms in total. The summed E-state index contributed by atoms with van der Waals surface area (Å²) in [6, 6.07) is 0.196. The fraction of sp³-hybridized carbons (Fsp3) is 0.875. The van der Waals surface area contributed by atoms with Crippen LogP contribution in [0.25, 0.3) is 0 Å². The molecule has 0 amide bonds. The number of ether oxygens (including phenoxy) is 1. The van der Waals surface area contributed by atoms with Gasteiger partial charge in [-0.25, -0.2) is 4.68 Å². The predicted octanol–water partition coefficient (Wildman–Crippen LogP) is 3.08. The highest BCUT2D eigenvalue weighted by Gasteiger charge is 2.44. The largest absolute Gasteiger partial charge is 0.373 e. The van der Waals surface area contributed by atoms with Crippen LogP contribution in [0.2, 0.25) is 0 Å². The molecule has 1 aromatic rings. The zero-order valence-corrected chi connectivity index (χ0v) is 13.8. The van der Waals surface area contributed by atoms with Gasteiger partial charge >= 0.3 is 0 Å². The summed E-state index contributed by atoms with van der Waals surface area (Å²) < 4.78 is 8.32. The normalized spacial score (nSPS) is 19.0. The molecule has 0 saturated heterocycles. The third kappa shape index (κ3) is 3.64. The molecule has 0 spiro atoms. The van der Waals surface area contributed by atoms with Gasteiger partial charge in [0.15, 0.2) is 0 Å². The second-order valence-corrected chi connectivity index (χ2v) is 5.97. The van der Waals surface area contributed by atoms with E-state index in [9.17, 15) is 0 Å². The SMILES string of the molecule is CCCNC(c1cnnn1CCC)C1(OCC)CCCC1. The van der Waals surface area contributed by atoms with Crippen LogP contribution < -0.4 is 5.32 Å². The molecule has 1 saturated carbocycles. The first-order valence-corrected chi connectivity index (χ1v) is 8.53. The summed E-state index contributed by atoms with van der Waals surface area (Å²) in [5.74, 6) is 0. The Balaban J connectivity index is 2.29. The van der Waals surface area contributed by atoms with Crippen molar-refractivity contribution in [2.24, 2.45) is 0 Å². The van der Waals surface area contributed by atoms with E-state index < -0.39 is 0 Å². The number of rotatable bonds is 9. The highest BCUT2D eigenvalue weighted by atomic mass is 16.5. The van der Waals surface area contributed by atoms with Gasteiger partial charge in [-0.1, -0.05) is 31.9 Å². The average molecular weight is 294 g/mol. The van der Waals surface area contributed by atoms with E-state index in [4.69, 9.17) is 4.74 Å². The highest BCUT2D eigenvalue weighted by molar-refractivity contribution is 5.12. The van der Waals surface area contributed by atoms with Crippen LogP contribution in [-0.2, 0) is 11.3 Å². The van der Waals surface area contributed by atoms with Crippen molar-refractivity contribution in [1.82, 2.24) is 20.3 Å². The lowest BCUT2D eigenvalue weighted by molar-refractivity contribution is -0.0644. The summed E-state index contributed by atoms with van der Waals surface area (Å²) in [4.78, 5) is 0. The highest BCUT2D eigenvalue weighted by Crippen LogP contribution is 2.42. The van der Waals surface area contributed by atoms with Crippen LogP contribution in [-0.4, -0.2) is 33.7 Å². The van der Waals surface area contributed by atoms with Gasteiger partial charge in [0.1, 0.15) is 0 Å². The Morgan fingerprint density at radius 2 is 2.05 bits per heavy atom. The maximum Gasteiger partial charge on any atom is 0.0892 e. The predicted molar refractivity (Wildman–Crippen MR) is 84.2 cm³/mol. The Bertz CT molecular complexity index is 412. The number of hydrogen-bond acceptors (Lipinski definition) is 4. The van der Waals surface area contributed by atoms with Crippen molar-refractivity contribution < 1.29 is 4.74 Å². The van der Waals surface area contributed by atoms with Crippen LogP contribution in [0, 0.1) is 0 Å². The Hall–Kier alpha value is -0.940. The van der Waals surface area contributed by atoms with Crippen LogP contribution in [0.1, 0.15) is 71.0 Å². The summed E-state index contributed by atoms with van der Waals surface area (Å²) in [6.45, 7) is 9.15. The maximum absolute atomic E-state index is 6.28. The fourth-order valence-corrected chi connectivity index (χ4v) is 3.50. The lowest BCUT2D eigenvalue weighted by atomic mass is 9.89. The van der Waals surface area contributed by atoms with E-state index in [1.54, 1.807) is 0 Å². The van der Waals surface area contributed by atoms with E-state index in [1.807, 2.05) is 10.9 Å². The Morgan fingerprint density at radius 3 is 2.67 bits per heavy atom. The number of hydrogen-bond donors (Lipinski definition) is 1. The topological polar surface area (TPSA) is 52.0 Å². The van der Waals surface area contributed by atoms with Gasteiger partial charge in [0, 0.05) is 13.2 Å². The molecule has 0 aliphatic heterocycles. The second-order valence-electron chi connectivity index (χ2n) is 5.97. The quantitative estimate of drug-likeness (QED) is 0.760. The molecular weight excluding hydrogens is 264 g/mol. The van der Waals surface area contributed by atoms with E-state index in [2.05, 4.69) is 36.4 Å². The van der Waals surface area contributed by atoms with Crippen LogP contribution in [0.5, 0.6) is 0 Å². The summed E-state index contributed by atoms with van der Waals surface area (Å²) in [5.41, 5.74) is 1.09. The molecular formula is C16H30N4O. The minimum Gasteiger partial charge on any atom is -0.373 e. The third-order valence-corrected chi connectivity index (χ3v) is 4.39. The van der Waals surface area contributed by atoms with Crippen molar-refractivity contribution in [3.63, 3.8) is 0 Å². The molecule has 120 valence electrons. The van der Waals surface area contributed by atoms with E-state index in [0.29, 0.717) is 0 Å². The van der Waals surface area contributed by atoms with Crippen LogP contribution in [0.4, 0.5) is 0 Å². The summed E-state index contributed by atoms with van der Waals surface area (Å²) in [6.07, 6.45) is 8.85. The monoisotopic (exact) mass is 294 g/mol. The lowest BCUT2D eigenvalue weighted by Crippen LogP contribution is -2.45. The number of aromatic nitrogens is 3. The molecule has 0 bridgehead atoms. The molecule has 1 N–H and O–H groups in total. The minimum absolute atomic E-state index is 0.0862. The van der Waals surface area contributed by atoms with Gasteiger partial charge in [-0.2, -0.15) is 0 Å². The molecule has 21 heavy (non-hydrogen) atoms. The fourth-order valence-electron chi connectivity index (χ4n) is 3.50. The van der Waals surface area contributed by atoms with Gasteiger partial charge in [0.25, 0.3) is 0 Å². The molecule has 1 aliphatic rings. The molecule has 0 aromatic carbocycles. The first kappa shape index (κ1) is 16.4. The summed E-state index contributed by atoms with van der Waals surface area (Å²) in [7, 11) is 0. The van der Waals surface area contributed by atoms with Gasteiger partial charge in [-0.15, -0.1) is 5.10 Å². The molecule has 2 rings (SSSR count).